The summed E-state index contributed by atoms with van der Waals surface area (Å²) in [7, 11) is 0. The molecule has 2 N–H and O–H groups in total. The molecule has 26 heavy (non-hydrogen) atoms. The van der Waals surface area contributed by atoms with E-state index in [1.165, 1.54) is 0 Å². The average Bonchev–Trinajstić information content (AvgIpc) is 2.80. The van der Waals surface area contributed by atoms with Crippen LogP contribution in [-0.4, -0.2) is 26.5 Å². The topological polar surface area (TPSA) is 84.2 Å². The van der Waals surface area contributed by atoms with Gasteiger partial charge < -0.3 is 15.0 Å². The number of carbonyl (C=O) groups is 2. The highest BCUT2D eigenvalue weighted by atomic mass is 79.9. The van der Waals surface area contributed by atoms with E-state index in [4.69, 9.17) is 5.11 Å². The standard InChI is InChI=1S/C16H15BrF3N3O3/c1-7-4-8(2)11(9(3)5-7)21-10(24)6-23-12(14(25)26)13(16(18,19)20)22-15(23)17/h4-5H,6H2,1-3H3,(H,21,24)(H,25,26). The van der Waals surface area contributed by atoms with E-state index in [-0.39, 0.29) is 0 Å². The summed E-state index contributed by atoms with van der Waals surface area (Å²) in [6, 6.07) is 3.69. The highest BCUT2D eigenvalue weighted by Gasteiger charge is 2.41. The van der Waals surface area contributed by atoms with Gasteiger partial charge in [-0.1, -0.05) is 17.7 Å². The number of carboxylic acids is 1. The molecule has 0 saturated carbocycles. The Hall–Kier alpha value is -2.36. The number of hydrogen-bond donors (Lipinski definition) is 2. The van der Waals surface area contributed by atoms with Gasteiger partial charge in [-0.05, 0) is 47.8 Å². The Morgan fingerprint density at radius 3 is 2.23 bits per heavy atom. The molecule has 0 fully saturated rings. The molecule has 0 bridgehead atoms. The van der Waals surface area contributed by atoms with E-state index in [1.807, 2.05) is 19.1 Å². The Bertz CT molecular complexity index is 868. The Labute approximate surface area is 155 Å². The first-order chi connectivity index (χ1) is 11.9. The lowest BCUT2D eigenvalue weighted by Crippen LogP contribution is -2.23. The van der Waals surface area contributed by atoms with Crippen LogP contribution in [0.3, 0.4) is 0 Å². The minimum atomic E-state index is -4.96. The van der Waals surface area contributed by atoms with Crippen LogP contribution in [0.25, 0.3) is 0 Å². The monoisotopic (exact) mass is 433 g/mol. The fraction of sp³-hybridized carbons (Fsp3) is 0.312. The van der Waals surface area contributed by atoms with Gasteiger partial charge in [0.2, 0.25) is 5.91 Å². The Morgan fingerprint density at radius 2 is 1.77 bits per heavy atom. The number of imidazole rings is 1. The van der Waals surface area contributed by atoms with E-state index < -0.39 is 40.7 Å². The lowest BCUT2D eigenvalue weighted by Gasteiger charge is -2.14. The van der Waals surface area contributed by atoms with E-state index in [1.54, 1.807) is 13.8 Å². The van der Waals surface area contributed by atoms with Gasteiger partial charge in [0.1, 0.15) is 6.54 Å². The predicted octanol–water partition coefficient (Wildman–Crippen LogP) is 3.93. The lowest BCUT2D eigenvalue weighted by molar-refractivity contribution is -0.141. The number of alkyl halides is 3. The van der Waals surface area contributed by atoms with Gasteiger partial charge >= 0.3 is 12.1 Å². The molecule has 2 aromatic rings. The van der Waals surface area contributed by atoms with E-state index in [2.05, 4.69) is 26.2 Å². The average molecular weight is 434 g/mol. The molecule has 0 radical (unpaired) electrons. The molecule has 1 aromatic heterocycles. The molecule has 1 aromatic carbocycles. The number of rotatable bonds is 4. The van der Waals surface area contributed by atoms with Crippen LogP contribution in [0.5, 0.6) is 0 Å². The maximum absolute atomic E-state index is 13.0. The number of benzene rings is 1. The second-order valence-electron chi connectivity index (χ2n) is 5.79. The Balaban J connectivity index is 2.36. The number of carbonyl (C=O) groups excluding carboxylic acids is 1. The van der Waals surface area contributed by atoms with Crippen molar-refractivity contribution in [2.45, 2.75) is 33.5 Å². The lowest BCUT2D eigenvalue weighted by atomic mass is 10.1. The zero-order chi connectivity index (χ0) is 19.8. The summed E-state index contributed by atoms with van der Waals surface area (Å²) in [5.41, 5.74) is 0.442. The number of aromatic carboxylic acids is 1. The van der Waals surface area contributed by atoms with Gasteiger partial charge in [-0.3, -0.25) is 4.79 Å². The minimum absolute atomic E-state index is 0.394. The number of nitrogens with zero attached hydrogens (tertiary/aromatic N) is 2. The van der Waals surface area contributed by atoms with Crippen LogP contribution in [-0.2, 0) is 17.5 Å². The fourth-order valence-electron chi connectivity index (χ4n) is 2.68. The highest BCUT2D eigenvalue weighted by molar-refractivity contribution is 9.10. The molecule has 0 aliphatic rings. The summed E-state index contributed by atoms with van der Waals surface area (Å²) in [4.78, 5) is 26.8. The van der Waals surface area contributed by atoms with E-state index >= 15 is 0 Å². The Kier molecular flexibility index (Phi) is 5.45. The molecule has 0 spiro atoms. The first kappa shape index (κ1) is 20.0. The smallest absolute Gasteiger partial charge is 0.435 e. The number of hydrogen-bond acceptors (Lipinski definition) is 3. The number of carboxylic acid groups (broad SMARTS) is 1. The molecule has 2 rings (SSSR count). The first-order valence-corrected chi connectivity index (χ1v) is 8.15. The highest BCUT2D eigenvalue weighted by Crippen LogP contribution is 2.33. The molecular weight excluding hydrogens is 419 g/mol. The number of amides is 1. The van der Waals surface area contributed by atoms with Gasteiger partial charge in [-0.2, -0.15) is 13.2 Å². The number of aromatic nitrogens is 2. The van der Waals surface area contributed by atoms with Crippen LogP contribution in [0, 0.1) is 20.8 Å². The largest absolute Gasteiger partial charge is 0.477 e. The van der Waals surface area contributed by atoms with Crippen LogP contribution in [0.1, 0.15) is 32.9 Å². The molecule has 0 atom stereocenters. The SMILES string of the molecule is Cc1cc(C)c(NC(=O)Cn2c(Br)nc(C(F)(F)F)c2C(=O)O)c(C)c1. The van der Waals surface area contributed by atoms with Crippen molar-refractivity contribution < 1.29 is 27.9 Å². The van der Waals surface area contributed by atoms with Crippen LogP contribution in [0.4, 0.5) is 18.9 Å². The van der Waals surface area contributed by atoms with Gasteiger partial charge in [0, 0.05) is 5.69 Å². The fourth-order valence-corrected chi connectivity index (χ4v) is 3.16. The summed E-state index contributed by atoms with van der Waals surface area (Å²) in [5, 5.41) is 11.7. The molecule has 1 amide bonds. The summed E-state index contributed by atoms with van der Waals surface area (Å²) in [6.45, 7) is 4.82. The maximum Gasteiger partial charge on any atom is 0.435 e. The number of aryl methyl sites for hydroxylation is 3. The van der Waals surface area contributed by atoms with Crippen molar-refractivity contribution in [1.82, 2.24) is 9.55 Å². The predicted molar refractivity (Wildman–Crippen MR) is 91.2 cm³/mol. The van der Waals surface area contributed by atoms with Crippen molar-refractivity contribution in [2.75, 3.05) is 5.32 Å². The van der Waals surface area contributed by atoms with Crippen molar-refractivity contribution in [3.05, 3.63) is 44.9 Å². The maximum atomic E-state index is 13.0. The van der Waals surface area contributed by atoms with Crippen molar-refractivity contribution in [3.8, 4) is 0 Å². The number of anilines is 1. The van der Waals surface area contributed by atoms with Crippen LogP contribution < -0.4 is 5.32 Å². The molecule has 0 aliphatic carbocycles. The van der Waals surface area contributed by atoms with Gasteiger partial charge in [0.25, 0.3) is 0 Å². The van der Waals surface area contributed by atoms with Crippen molar-refractivity contribution in [3.63, 3.8) is 0 Å². The summed E-state index contributed by atoms with van der Waals surface area (Å²) >= 11 is 2.79. The Morgan fingerprint density at radius 1 is 1.23 bits per heavy atom. The number of nitrogens with one attached hydrogen (secondary N) is 1. The van der Waals surface area contributed by atoms with E-state index in [0.717, 1.165) is 16.7 Å². The van der Waals surface area contributed by atoms with Crippen LogP contribution >= 0.6 is 15.9 Å². The van der Waals surface area contributed by atoms with Crippen LogP contribution in [0.2, 0.25) is 0 Å². The third-order valence-corrected chi connectivity index (χ3v) is 4.24. The van der Waals surface area contributed by atoms with E-state index in [0.29, 0.717) is 10.3 Å². The third-order valence-electron chi connectivity index (χ3n) is 3.64. The first-order valence-electron chi connectivity index (χ1n) is 7.36. The summed E-state index contributed by atoms with van der Waals surface area (Å²) in [5.74, 6) is -2.50. The van der Waals surface area contributed by atoms with Crippen molar-refractivity contribution >= 4 is 33.5 Å². The quantitative estimate of drug-likeness (QED) is 0.764. The molecular formula is C16H15BrF3N3O3. The molecule has 0 aliphatic heterocycles. The minimum Gasteiger partial charge on any atom is -0.477 e. The molecule has 0 saturated heterocycles. The normalized spacial score (nSPS) is 11.5. The molecule has 140 valence electrons. The summed E-state index contributed by atoms with van der Waals surface area (Å²) in [6.07, 6.45) is -4.96. The van der Waals surface area contributed by atoms with Gasteiger partial charge in [-0.15, -0.1) is 0 Å². The zero-order valence-electron chi connectivity index (χ0n) is 14.0. The van der Waals surface area contributed by atoms with Gasteiger partial charge in [0.15, 0.2) is 16.1 Å². The second kappa shape index (κ2) is 7.10. The zero-order valence-corrected chi connectivity index (χ0v) is 15.6. The van der Waals surface area contributed by atoms with Gasteiger partial charge in [-0.25, -0.2) is 9.78 Å². The number of halogens is 4. The van der Waals surface area contributed by atoms with Crippen LogP contribution in [0.15, 0.2) is 16.9 Å². The van der Waals surface area contributed by atoms with Crippen molar-refractivity contribution in [1.29, 1.82) is 0 Å². The molecule has 0 unspecified atom stereocenters. The summed E-state index contributed by atoms with van der Waals surface area (Å²) < 4.78 is 39.2. The second-order valence-corrected chi connectivity index (χ2v) is 6.50. The molecule has 1 heterocycles. The van der Waals surface area contributed by atoms with Gasteiger partial charge in [0.05, 0.1) is 0 Å². The third kappa shape index (κ3) is 4.06. The molecule has 10 heteroatoms. The van der Waals surface area contributed by atoms with Crippen molar-refractivity contribution in [2.24, 2.45) is 0 Å². The van der Waals surface area contributed by atoms with E-state index in [9.17, 15) is 22.8 Å². The molecule has 6 nitrogen and oxygen atoms in total.